The van der Waals surface area contributed by atoms with Crippen LogP contribution in [0, 0.1) is 6.92 Å². The minimum atomic E-state index is 0.309. The molecule has 0 aliphatic carbocycles. The zero-order chi connectivity index (χ0) is 13.4. The third-order valence-electron chi connectivity index (χ3n) is 3.28. The Bertz CT molecular complexity index is 762. The Balaban J connectivity index is 2.27. The van der Waals surface area contributed by atoms with E-state index in [2.05, 4.69) is 41.1 Å². The minimum Gasteiger partial charge on any atom is -0.507 e. The normalized spacial score (nSPS) is 10.8. The van der Waals surface area contributed by atoms with Gasteiger partial charge in [-0.2, -0.15) is 0 Å². The predicted octanol–water partition coefficient (Wildman–Crippen LogP) is 5.28. The van der Waals surface area contributed by atoms with Crippen LogP contribution in [0.15, 0.2) is 59.1 Å². The van der Waals surface area contributed by atoms with E-state index < -0.39 is 0 Å². The molecule has 19 heavy (non-hydrogen) atoms. The van der Waals surface area contributed by atoms with Crippen LogP contribution in [0.1, 0.15) is 5.56 Å². The number of benzene rings is 3. The number of aromatic hydroxyl groups is 1. The van der Waals surface area contributed by atoms with Crippen molar-refractivity contribution in [3.8, 4) is 16.9 Å². The van der Waals surface area contributed by atoms with Crippen LogP contribution in [0.5, 0.6) is 5.75 Å². The Morgan fingerprint density at radius 1 is 0.842 bits per heavy atom. The van der Waals surface area contributed by atoms with Gasteiger partial charge in [-0.1, -0.05) is 52.3 Å². The van der Waals surface area contributed by atoms with Crippen molar-refractivity contribution in [3.63, 3.8) is 0 Å². The highest BCUT2D eigenvalue weighted by atomic mass is 79.9. The average molecular weight is 313 g/mol. The van der Waals surface area contributed by atoms with Crippen LogP contribution in [-0.2, 0) is 0 Å². The van der Waals surface area contributed by atoms with Gasteiger partial charge in [0.05, 0.1) is 0 Å². The molecule has 3 aromatic carbocycles. The quantitative estimate of drug-likeness (QED) is 0.648. The lowest BCUT2D eigenvalue weighted by atomic mass is 9.99. The van der Waals surface area contributed by atoms with E-state index in [9.17, 15) is 5.11 Å². The second-order valence-electron chi connectivity index (χ2n) is 4.70. The first-order chi connectivity index (χ1) is 9.15. The highest BCUT2D eigenvalue weighted by Crippen LogP contribution is 2.37. The molecule has 3 rings (SSSR count). The Hall–Kier alpha value is -1.80. The van der Waals surface area contributed by atoms with Crippen LogP contribution in [0.4, 0.5) is 0 Å². The van der Waals surface area contributed by atoms with Crippen LogP contribution in [0.2, 0.25) is 0 Å². The summed E-state index contributed by atoms with van der Waals surface area (Å²) >= 11 is 3.57. The molecular formula is C17H13BrO. The monoisotopic (exact) mass is 312 g/mol. The molecule has 0 amide bonds. The highest BCUT2D eigenvalue weighted by molar-refractivity contribution is 9.10. The van der Waals surface area contributed by atoms with E-state index in [4.69, 9.17) is 0 Å². The van der Waals surface area contributed by atoms with Gasteiger partial charge >= 0.3 is 0 Å². The summed E-state index contributed by atoms with van der Waals surface area (Å²) < 4.78 is 0.998. The number of rotatable bonds is 1. The third kappa shape index (κ3) is 2.24. The molecule has 94 valence electrons. The average Bonchev–Trinajstić information content (AvgIpc) is 2.38. The predicted molar refractivity (Wildman–Crippen MR) is 83.5 cm³/mol. The van der Waals surface area contributed by atoms with Crippen molar-refractivity contribution in [1.82, 2.24) is 0 Å². The molecule has 0 bridgehead atoms. The summed E-state index contributed by atoms with van der Waals surface area (Å²) in [4.78, 5) is 0. The molecule has 0 saturated heterocycles. The van der Waals surface area contributed by atoms with Gasteiger partial charge in [-0.25, -0.2) is 0 Å². The van der Waals surface area contributed by atoms with E-state index in [0.717, 1.165) is 26.4 Å². The Kier molecular flexibility index (Phi) is 3.03. The molecule has 0 spiro atoms. The largest absolute Gasteiger partial charge is 0.507 e. The molecule has 0 fully saturated rings. The van der Waals surface area contributed by atoms with Crippen molar-refractivity contribution >= 4 is 26.7 Å². The van der Waals surface area contributed by atoms with Gasteiger partial charge < -0.3 is 5.11 Å². The molecule has 0 aromatic heterocycles. The van der Waals surface area contributed by atoms with Crippen molar-refractivity contribution < 1.29 is 5.11 Å². The van der Waals surface area contributed by atoms with Gasteiger partial charge in [-0.3, -0.25) is 0 Å². The summed E-state index contributed by atoms with van der Waals surface area (Å²) in [5.74, 6) is 0.309. The number of halogens is 1. The van der Waals surface area contributed by atoms with Gasteiger partial charge in [0.15, 0.2) is 0 Å². The second kappa shape index (κ2) is 4.71. The van der Waals surface area contributed by atoms with E-state index in [1.54, 1.807) is 0 Å². The first-order valence-electron chi connectivity index (χ1n) is 6.13. The van der Waals surface area contributed by atoms with Crippen LogP contribution < -0.4 is 0 Å². The summed E-state index contributed by atoms with van der Waals surface area (Å²) in [5.41, 5.74) is 3.05. The molecule has 0 radical (unpaired) electrons. The lowest BCUT2D eigenvalue weighted by molar-refractivity contribution is 0.478. The van der Waals surface area contributed by atoms with Crippen molar-refractivity contribution in [2.75, 3.05) is 0 Å². The maximum absolute atomic E-state index is 10.2. The fourth-order valence-corrected chi connectivity index (χ4v) is 2.99. The van der Waals surface area contributed by atoms with Gasteiger partial charge in [-0.05, 0) is 47.0 Å². The number of hydrogen-bond acceptors (Lipinski definition) is 1. The van der Waals surface area contributed by atoms with E-state index in [1.807, 2.05) is 36.4 Å². The molecule has 3 aromatic rings. The van der Waals surface area contributed by atoms with E-state index >= 15 is 0 Å². The van der Waals surface area contributed by atoms with Gasteiger partial charge in [0.25, 0.3) is 0 Å². The van der Waals surface area contributed by atoms with Gasteiger partial charge in [0.2, 0.25) is 0 Å². The standard InChI is InChI=1S/C17H13BrO/c1-11-6-7-14(16(18)8-11)15-9-12-4-2-3-5-13(12)10-17(15)19/h2-10,19H,1H3. The van der Waals surface area contributed by atoms with Crippen molar-refractivity contribution in [1.29, 1.82) is 0 Å². The number of hydrogen-bond donors (Lipinski definition) is 1. The summed E-state index contributed by atoms with van der Waals surface area (Å²) in [6.45, 7) is 2.05. The fraction of sp³-hybridized carbons (Fsp3) is 0.0588. The SMILES string of the molecule is Cc1ccc(-c2cc3ccccc3cc2O)c(Br)c1. The second-order valence-corrected chi connectivity index (χ2v) is 5.55. The van der Waals surface area contributed by atoms with Crippen molar-refractivity contribution in [2.24, 2.45) is 0 Å². The van der Waals surface area contributed by atoms with Crippen LogP contribution in [-0.4, -0.2) is 5.11 Å². The molecule has 0 atom stereocenters. The van der Waals surface area contributed by atoms with E-state index in [1.165, 1.54) is 5.56 Å². The molecule has 1 N–H and O–H groups in total. The lowest BCUT2D eigenvalue weighted by Crippen LogP contribution is -1.84. The topological polar surface area (TPSA) is 20.2 Å². The lowest BCUT2D eigenvalue weighted by Gasteiger charge is -2.10. The maximum atomic E-state index is 10.2. The Morgan fingerprint density at radius 2 is 1.53 bits per heavy atom. The minimum absolute atomic E-state index is 0.309. The molecule has 0 unspecified atom stereocenters. The summed E-state index contributed by atoms with van der Waals surface area (Å²) in [7, 11) is 0. The summed E-state index contributed by atoms with van der Waals surface area (Å²) in [6, 6.07) is 18.0. The third-order valence-corrected chi connectivity index (χ3v) is 3.93. The molecule has 0 heterocycles. The van der Waals surface area contributed by atoms with Crippen molar-refractivity contribution in [3.05, 3.63) is 64.6 Å². The van der Waals surface area contributed by atoms with Crippen molar-refractivity contribution in [2.45, 2.75) is 6.92 Å². The smallest absolute Gasteiger partial charge is 0.124 e. The van der Waals surface area contributed by atoms with Gasteiger partial charge in [0, 0.05) is 10.0 Å². The molecule has 0 aliphatic heterocycles. The molecule has 2 heteroatoms. The number of phenols is 1. The maximum Gasteiger partial charge on any atom is 0.124 e. The number of aryl methyl sites for hydroxylation is 1. The van der Waals surface area contributed by atoms with Crippen LogP contribution in [0.25, 0.3) is 21.9 Å². The molecule has 0 saturated carbocycles. The fourth-order valence-electron chi connectivity index (χ4n) is 2.28. The van der Waals surface area contributed by atoms with Gasteiger partial charge in [-0.15, -0.1) is 0 Å². The molecule has 0 aliphatic rings. The number of fused-ring (bicyclic) bond motifs is 1. The summed E-state index contributed by atoms with van der Waals surface area (Å²) in [6.07, 6.45) is 0. The van der Waals surface area contributed by atoms with E-state index in [-0.39, 0.29) is 0 Å². The Labute approximate surface area is 120 Å². The van der Waals surface area contributed by atoms with Crippen LogP contribution >= 0.6 is 15.9 Å². The zero-order valence-corrected chi connectivity index (χ0v) is 12.1. The molecular weight excluding hydrogens is 300 g/mol. The zero-order valence-electron chi connectivity index (χ0n) is 10.5. The summed E-state index contributed by atoms with van der Waals surface area (Å²) in [5, 5.41) is 12.4. The highest BCUT2D eigenvalue weighted by Gasteiger charge is 2.09. The van der Waals surface area contributed by atoms with Gasteiger partial charge in [0.1, 0.15) is 5.75 Å². The van der Waals surface area contributed by atoms with Crippen LogP contribution in [0.3, 0.4) is 0 Å². The Morgan fingerprint density at radius 3 is 2.21 bits per heavy atom. The first kappa shape index (κ1) is 12.2. The first-order valence-corrected chi connectivity index (χ1v) is 6.93. The number of phenolic OH excluding ortho intramolecular Hbond substituents is 1. The van der Waals surface area contributed by atoms with E-state index in [0.29, 0.717) is 5.75 Å². The molecule has 1 nitrogen and oxygen atoms in total.